The maximum Gasteiger partial charge on any atom is 0.403 e. The van der Waals surface area contributed by atoms with E-state index in [0.29, 0.717) is 0 Å². The first kappa shape index (κ1) is 6.95. The number of hydrogen-bond donors (Lipinski definition) is 0. The Balaban J connectivity index is 2.66. The second kappa shape index (κ2) is 3.12. The monoisotopic (exact) mass is 132 g/mol. The van der Waals surface area contributed by atoms with Crippen molar-refractivity contribution in [3.8, 4) is 5.97 Å². The topological polar surface area (TPSA) is 27.0 Å². The predicted octanol–water partition coefficient (Wildman–Crippen LogP) is 0.985. The highest BCUT2D eigenvalue weighted by Crippen LogP contribution is 2.01. The summed E-state index contributed by atoms with van der Waals surface area (Å²) in [5.74, 6) is 4.09. The zero-order valence-corrected chi connectivity index (χ0v) is 5.99. The minimum absolute atomic E-state index is 0.0602. The number of allylic oxidation sites excluding steroid dienone is 2. The van der Waals surface area contributed by atoms with Gasteiger partial charge in [0.1, 0.15) is 0 Å². The highest BCUT2D eigenvalue weighted by Gasteiger charge is 2.17. The van der Waals surface area contributed by atoms with E-state index in [1.165, 1.54) is 0 Å². The van der Waals surface area contributed by atoms with Crippen LogP contribution in [0.1, 0.15) is 6.92 Å². The van der Waals surface area contributed by atoms with Gasteiger partial charge in [-0.05, 0) is 19.2 Å². The van der Waals surface area contributed by atoms with Gasteiger partial charge in [0.25, 0.3) is 0 Å². The maximum absolute atomic E-state index is 8.62. The molecule has 0 bridgehead atoms. The Kier molecular flexibility index (Phi) is 2.17. The molecule has 1 heterocycles. The summed E-state index contributed by atoms with van der Waals surface area (Å²) in [6.45, 7) is 2.86. The molecule has 0 amide bonds. The molecule has 0 N–H and O–H groups in total. The third-order valence-corrected chi connectivity index (χ3v) is 1.54. The first-order valence-corrected chi connectivity index (χ1v) is 3.39. The lowest BCUT2D eigenvalue weighted by Crippen LogP contribution is -2.33. The van der Waals surface area contributed by atoms with E-state index in [1.807, 2.05) is 36.1 Å². The fourth-order valence-corrected chi connectivity index (χ4v) is 0.952. The van der Waals surface area contributed by atoms with E-state index in [1.54, 1.807) is 0 Å². The first-order valence-electron chi connectivity index (χ1n) is 3.39. The molecule has 0 fully saturated rings. The molecule has 10 heavy (non-hydrogen) atoms. The highest BCUT2D eigenvalue weighted by molar-refractivity contribution is 6.69. The van der Waals surface area contributed by atoms with Crippen LogP contribution in [-0.4, -0.2) is 18.2 Å². The fourth-order valence-electron chi connectivity index (χ4n) is 0.952. The van der Waals surface area contributed by atoms with Crippen molar-refractivity contribution in [2.24, 2.45) is 0 Å². The first-order chi connectivity index (χ1) is 4.88. The molecule has 0 aromatic heterocycles. The van der Waals surface area contributed by atoms with E-state index in [-0.39, 0.29) is 6.85 Å². The minimum atomic E-state index is -0.0602. The lowest BCUT2D eigenvalue weighted by atomic mass is 9.61. The third-order valence-electron chi connectivity index (χ3n) is 1.54. The highest BCUT2D eigenvalue weighted by atomic mass is 15.0. The summed E-state index contributed by atoms with van der Waals surface area (Å²) in [5, 5.41) is 8.62. The van der Waals surface area contributed by atoms with Gasteiger partial charge in [0, 0.05) is 12.5 Å². The summed E-state index contributed by atoms with van der Waals surface area (Å²) >= 11 is 0. The van der Waals surface area contributed by atoms with Crippen LogP contribution < -0.4 is 0 Å². The van der Waals surface area contributed by atoms with Crippen LogP contribution in [0.5, 0.6) is 0 Å². The summed E-state index contributed by atoms with van der Waals surface area (Å²) < 4.78 is 0. The Morgan fingerprint density at radius 3 is 2.90 bits per heavy atom. The van der Waals surface area contributed by atoms with Crippen LogP contribution in [0.15, 0.2) is 24.3 Å². The van der Waals surface area contributed by atoms with Gasteiger partial charge < -0.3 is 4.81 Å². The van der Waals surface area contributed by atoms with E-state index < -0.39 is 0 Å². The molecule has 0 aliphatic carbocycles. The number of hydrogen-bond acceptors (Lipinski definition) is 2. The number of rotatable bonds is 1. The van der Waals surface area contributed by atoms with E-state index in [9.17, 15) is 0 Å². The zero-order chi connectivity index (χ0) is 7.40. The molecule has 2 nitrogen and oxygen atoms in total. The normalized spacial score (nSPS) is 15.6. The molecular formula is C7H9BN2. The minimum Gasteiger partial charge on any atom is -0.405 e. The SMILES string of the molecule is CCN1C=CC=CB1C#N. The maximum atomic E-state index is 8.62. The molecule has 1 aliphatic heterocycles. The van der Waals surface area contributed by atoms with Gasteiger partial charge in [-0.3, -0.25) is 0 Å². The van der Waals surface area contributed by atoms with Gasteiger partial charge in [0.15, 0.2) is 0 Å². The molecule has 1 aliphatic rings. The van der Waals surface area contributed by atoms with Crippen LogP contribution in [0.3, 0.4) is 0 Å². The van der Waals surface area contributed by atoms with Crippen LogP contribution in [-0.2, 0) is 0 Å². The summed E-state index contributed by atoms with van der Waals surface area (Å²) in [6.07, 6.45) is 5.78. The summed E-state index contributed by atoms with van der Waals surface area (Å²) in [4.78, 5) is 1.99. The van der Waals surface area contributed by atoms with Crippen LogP contribution >= 0.6 is 0 Å². The lowest BCUT2D eigenvalue weighted by Gasteiger charge is -2.20. The van der Waals surface area contributed by atoms with Crippen molar-refractivity contribution in [2.45, 2.75) is 6.92 Å². The number of nitrogens with zero attached hydrogens (tertiary/aromatic N) is 2. The van der Waals surface area contributed by atoms with Crippen LogP contribution in [0.25, 0.3) is 0 Å². The molecule has 50 valence electrons. The van der Waals surface area contributed by atoms with Crippen molar-refractivity contribution in [2.75, 3.05) is 6.54 Å². The van der Waals surface area contributed by atoms with Gasteiger partial charge in [-0.1, -0.05) is 12.1 Å². The van der Waals surface area contributed by atoms with Gasteiger partial charge in [-0.25, -0.2) is 5.26 Å². The molecule has 0 aromatic rings. The molecule has 0 saturated carbocycles. The molecule has 1 rings (SSSR count). The van der Waals surface area contributed by atoms with Gasteiger partial charge >= 0.3 is 6.85 Å². The van der Waals surface area contributed by atoms with Crippen LogP contribution in [0.4, 0.5) is 0 Å². The van der Waals surface area contributed by atoms with Crippen molar-refractivity contribution in [3.05, 3.63) is 24.3 Å². The fraction of sp³-hybridized carbons (Fsp3) is 0.286. The van der Waals surface area contributed by atoms with Gasteiger partial charge in [-0.15, -0.1) is 0 Å². The van der Waals surface area contributed by atoms with E-state index in [4.69, 9.17) is 5.26 Å². The average Bonchev–Trinajstić information content (AvgIpc) is 2.04. The van der Waals surface area contributed by atoms with E-state index >= 15 is 0 Å². The quantitative estimate of drug-likeness (QED) is 0.497. The van der Waals surface area contributed by atoms with Crippen LogP contribution in [0.2, 0.25) is 0 Å². The predicted molar refractivity (Wildman–Crippen MR) is 42.0 cm³/mol. The summed E-state index contributed by atoms with van der Waals surface area (Å²) in [5.41, 5.74) is 0. The van der Waals surface area contributed by atoms with Crippen molar-refractivity contribution >= 4 is 6.85 Å². The summed E-state index contributed by atoms with van der Waals surface area (Å²) in [6, 6.07) is 0. The molecule has 0 radical (unpaired) electrons. The van der Waals surface area contributed by atoms with Crippen molar-refractivity contribution in [1.29, 1.82) is 5.26 Å². The molecular weight excluding hydrogens is 123 g/mol. The average molecular weight is 132 g/mol. The Morgan fingerprint density at radius 1 is 1.60 bits per heavy atom. The zero-order valence-electron chi connectivity index (χ0n) is 5.99. The third kappa shape index (κ3) is 1.22. The molecule has 0 saturated heterocycles. The lowest BCUT2D eigenvalue weighted by molar-refractivity contribution is 0.617. The second-order valence-electron chi connectivity index (χ2n) is 2.13. The standard InChI is InChI=1S/C7H9BN2/c1-2-10-6-4-3-5-8(10)7-9/h3-6H,2H2,1H3. The van der Waals surface area contributed by atoms with Crippen molar-refractivity contribution in [3.63, 3.8) is 0 Å². The second-order valence-corrected chi connectivity index (χ2v) is 2.13. The smallest absolute Gasteiger partial charge is 0.403 e. The Labute approximate surface area is 61.5 Å². The molecule has 0 spiro atoms. The van der Waals surface area contributed by atoms with E-state index in [2.05, 4.69) is 5.97 Å². The van der Waals surface area contributed by atoms with Gasteiger partial charge in [0.05, 0.1) is 0 Å². The molecule has 0 unspecified atom stereocenters. The van der Waals surface area contributed by atoms with E-state index in [0.717, 1.165) is 6.54 Å². The van der Waals surface area contributed by atoms with Crippen molar-refractivity contribution < 1.29 is 0 Å². The molecule has 3 heteroatoms. The molecule has 0 aromatic carbocycles. The van der Waals surface area contributed by atoms with Gasteiger partial charge in [-0.2, -0.15) is 0 Å². The Bertz CT molecular complexity index is 202. The largest absolute Gasteiger partial charge is 0.405 e. The number of nitriles is 1. The van der Waals surface area contributed by atoms with Crippen LogP contribution in [0, 0.1) is 11.2 Å². The Hall–Kier alpha value is -1.17. The Morgan fingerprint density at radius 2 is 2.40 bits per heavy atom. The summed E-state index contributed by atoms with van der Waals surface area (Å²) in [7, 11) is 0. The van der Waals surface area contributed by atoms with Crippen molar-refractivity contribution in [1.82, 2.24) is 4.81 Å². The molecule has 0 atom stereocenters. The van der Waals surface area contributed by atoms with Gasteiger partial charge in [0.2, 0.25) is 0 Å².